The molecule has 1 rings (SSSR count). The molecule has 0 aliphatic carbocycles. The lowest BCUT2D eigenvalue weighted by molar-refractivity contribution is 0.0534. The van der Waals surface area contributed by atoms with Crippen molar-refractivity contribution < 1.29 is 14.6 Å². The Labute approximate surface area is 114 Å². The van der Waals surface area contributed by atoms with Gasteiger partial charge in [0.15, 0.2) is 0 Å². The van der Waals surface area contributed by atoms with Gasteiger partial charge in [0, 0.05) is 6.54 Å². The van der Waals surface area contributed by atoms with Crippen LogP contribution in [0.25, 0.3) is 6.08 Å². The normalized spacial score (nSPS) is 11.6. The number of nitrogens with one attached hydrogen (secondary N) is 1. The Hall–Kier alpha value is -1.97. The molecule has 19 heavy (non-hydrogen) atoms. The predicted octanol–water partition coefficient (Wildman–Crippen LogP) is 3.24. The van der Waals surface area contributed by atoms with E-state index >= 15 is 0 Å². The van der Waals surface area contributed by atoms with E-state index in [-0.39, 0.29) is 5.75 Å². The van der Waals surface area contributed by atoms with Crippen molar-refractivity contribution in [2.24, 2.45) is 0 Å². The van der Waals surface area contributed by atoms with E-state index in [0.29, 0.717) is 6.54 Å². The van der Waals surface area contributed by atoms with Crippen molar-refractivity contribution in [2.75, 3.05) is 6.54 Å². The molecule has 0 spiro atoms. The second kappa shape index (κ2) is 6.27. The van der Waals surface area contributed by atoms with E-state index in [2.05, 4.69) is 5.32 Å². The molecule has 0 unspecified atom stereocenters. The van der Waals surface area contributed by atoms with Crippen LogP contribution in [0.5, 0.6) is 5.75 Å². The second-order valence-electron chi connectivity index (χ2n) is 5.39. The molecule has 2 N–H and O–H groups in total. The van der Waals surface area contributed by atoms with Crippen molar-refractivity contribution in [1.29, 1.82) is 0 Å². The summed E-state index contributed by atoms with van der Waals surface area (Å²) in [6.07, 6.45) is 3.20. The average Bonchev–Trinajstić information content (AvgIpc) is 2.20. The van der Waals surface area contributed by atoms with Gasteiger partial charge in [-0.1, -0.05) is 18.2 Å². The lowest BCUT2D eigenvalue weighted by Gasteiger charge is -2.19. The first-order valence-electron chi connectivity index (χ1n) is 6.20. The van der Waals surface area contributed by atoms with E-state index < -0.39 is 11.7 Å². The fourth-order valence-electron chi connectivity index (χ4n) is 1.54. The lowest BCUT2D eigenvalue weighted by atomic mass is 10.1. The molecule has 0 aliphatic rings. The third kappa shape index (κ3) is 6.50. The van der Waals surface area contributed by atoms with Gasteiger partial charge in [-0.05, 0) is 51.0 Å². The minimum absolute atomic E-state index is 0.236. The molecule has 0 radical (unpaired) electrons. The number of alkyl carbamates (subject to hydrolysis) is 1. The van der Waals surface area contributed by atoms with Crippen LogP contribution in [-0.2, 0) is 4.74 Å². The zero-order chi connectivity index (χ0) is 14.5. The minimum atomic E-state index is -0.490. The first-order chi connectivity index (χ1) is 8.76. The summed E-state index contributed by atoms with van der Waals surface area (Å²) in [7, 11) is 0. The smallest absolute Gasteiger partial charge is 0.407 e. The highest BCUT2D eigenvalue weighted by molar-refractivity contribution is 5.68. The van der Waals surface area contributed by atoms with Gasteiger partial charge in [-0.25, -0.2) is 4.79 Å². The molecule has 104 valence electrons. The number of carbonyl (C=O) groups is 1. The zero-order valence-corrected chi connectivity index (χ0v) is 11.9. The molecule has 4 heteroatoms. The quantitative estimate of drug-likeness (QED) is 0.880. The molecule has 0 aromatic heterocycles. The highest BCUT2D eigenvalue weighted by atomic mass is 16.6. The summed E-state index contributed by atoms with van der Waals surface area (Å²) in [6, 6.07) is 5.30. The number of benzene rings is 1. The van der Waals surface area contributed by atoms with Gasteiger partial charge in [-0.2, -0.15) is 0 Å². The molecule has 0 bridgehead atoms. The first-order valence-corrected chi connectivity index (χ1v) is 6.20. The molecule has 1 aromatic carbocycles. The van der Waals surface area contributed by atoms with E-state index in [1.165, 1.54) is 0 Å². The Bertz CT molecular complexity index is 453. The van der Waals surface area contributed by atoms with Crippen LogP contribution in [0.4, 0.5) is 4.79 Å². The number of hydrogen-bond donors (Lipinski definition) is 2. The fraction of sp³-hybridized carbons (Fsp3) is 0.400. The number of aromatic hydroxyl groups is 1. The van der Waals surface area contributed by atoms with Crippen LogP contribution in [0.3, 0.4) is 0 Å². The van der Waals surface area contributed by atoms with Crippen LogP contribution >= 0.6 is 0 Å². The summed E-state index contributed by atoms with van der Waals surface area (Å²) >= 11 is 0. The summed E-state index contributed by atoms with van der Waals surface area (Å²) in [5.41, 5.74) is 1.39. The number of ether oxygens (including phenoxy) is 1. The van der Waals surface area contributed by atoms with Gasteiger partial charge in [-0.3, -0.25) is 0 Å². The monoisotopic (exact) mass is 263 g/mol. The third-order valence-electron chi connectivity index (χ3n) is 2.16. The Morgan fingerprint density at radius 2 is 2.05 bits per heavy atom. The SMILES string of the molecule is Cc1cc(O)cc(C=CCNC(=O)OC(C)(C)C)c1. The minimum Gasteiger partial charge on any atom is -0.508 e. The highest BCUT2D eigenvalue weighted by Gasteiger charge is 2.14. The van der Waals surface area contributed by atoms with Crippen molar-refractivity contribution in [3.63, 3.8) is 0 Å². The maximum atomic E-state index is 11.4. The maximum absolute atomic E-state index is 11.4. The largest absolute Gasteiger partial charge is 0.508 e. The lowest BCUT2D eigenvalue weighted by Crippen LogP contribution is -2.32. The molecule has 0 atom stereocenters. The standard InChI is InChI=1S/C15H21NO3/c1-11-8-12(10-13(17)9-11)6-5-7-16-14(18)19-15(2,3)4/h5-6,8-10,17H,7H2,1-4H3,(H,16,18). The van der Waals surface area contributed by atoms with Gasteiger partial charge in [0.1, 0.15) is 11.4 Å². The van der Waals surface area contributed by atoms with E-state index in [4.69, 9.17) is 4.74 Å². The van der Waals surface area contributed by atoms with Gasteiger partial charge >= 0.3 is 6.09 Å². The molecule has 0 saturated heterocycles. The molecule has 1 amide bonds. The van der Waals surface area contributed by atoms with Crippen molar-refractivity contribution >= 4 is 12.2 Å². The Morgan fingerprint density at radius 3 is 2.63 bits per heavy atom. The summed E-state index contributed by atoms with van der Waals surface area (Å²) in [4.78, 5) is 11.4. The van der Waals surface area contributed by atoms with Gasteiger partial charge in [-0.15, -0.1) is 0 Å². The fourth-order valence-corrected chi connectivity index (χ4v) is 1.54. The van der Waals surface area contributed by atoms with E-state index in [1.807, 2.05) is 39.8 Å². The maximum Gasteiger partial charge on any atom is 0.407 e. The number of phenolic OH excluding ortho intramolecular Hbond substituents is 1. The predicted molar refractivity (Wildman–Crippen MR) is 76.1 cm³/mol. The first kappa shape index (κ1) is 15.1. The van der Waals surface area contributed by atoms with Gasteiger partial charge in [0.05, 0.1) is 0 Å². The third-order valence-corrected chi connectivity index (χ3v) is 2.16. The zero-order valence-electron chi connectivity index (χ0n) is 11.9. The summed E-state index contributed by atoms with van der Waals surface area (Å²) in [5.74, 6) is 0.236. The molecular formula is C15H21NO3. The topological polar surface area (TPSA) is 58.6 Å². The summed E-state index contributed by atoms with van der Waals surface area (Å²) in [6.45, 7) is 7.74. The Morgan fingerprint density at radius 1 is 1.37 bits per heavy atom. The molecule has 0 aliphatic heterocycles. The van der Waals surface area contributed by atoms with Crippen LogP contribution < -0.4 is 5.32 Å². The van der Waals surface area contributed by atoms with Crippen LogP contribution in [-0.4, -0.2) is 23.3 Å². The molecule has 0 fully saturated rings. The molecule has 4 nitrogen and oxygen atoms in total. The van der Waals surface area contributed by atoms with E-state index in [1.54, 1.807) is 18.2 Å². The Balaban J connectivity index is 2.44. The average molecular weight is 263 g/mol. The molecular weight excluding hydrogens is 242 g/mol. The van der Waals surface area contributed by atoms with Crippen LogP contribution in [0.1, 0.15) is 31.9 Å². The van der Waals surface area contributed by atoms with E-state index in [9.17, 15) is 9.90 Å². The number of carbonyl (C=O) groups excluding carboxylic acids is 1. The van der Waals surface area contributed by atoms with E-state index in [0.717, 1.165) is 11.1 Å². The highest BCUT2D eigenvalue weighted by Crippen LogP contribution is 2.15. The van der Waals surface area contributed by atoms with Gasteiger partial charge in [0.2, 0.25) is 0 Å². The Kier molecular flexibility index (Phi) is 4.98. The number of phenols is 1. The van der Waals surface area contributed by atoms with Crippen LogP contribution in [0.15, 0.2) is 24.3 Å². The molecule has 1 aromatic rings. The number of aryl methyl sites for hydroxylation is 1. The number of hydrogen-bond acceptors (Lipinski definition) is 3. The summed E-state index contributed by atoms with van der Waals surface area (Å²) in [5, 5.41) is 12.1. The molecule has 0 saturated carbocycles. The second-order valence-corrected chi connectivity index (χ2v) is 5.39. The number of rotatable bonds is 3. The van der Waals surface area contributed by atoms with Gasteiger partial charge in [0.25, 0.3) is 0 Å². The van der Waals surface area contributed by atoms with Crippen molar-refractivity contribution in [3.05, 3.63) is 35.4 Å². The summed E-state index contributed by atoms with van der Waals surface area (Å²) < 4.78 is 5.10. The van der Waals surface area contributed by atoms with Crippen LogP contribution in [0.2, 0.25) is 0 Å². The van der Waals surface area contributed by atoms with Gasteiger partial charge < -0.3 is 15.2 Å². The van der Waals surface area contributed by atoms with Crippen molar-refractivity contribution in [2.45, 2.75) is 33.3 Å². The van der Waals surface area contributed by atoms with Crippen molar-refractivity contribution in [1.82, 2.24) is 5.32 Å². The van der Waals surface area contributed by atoms with Crippen molar-refractivity contribution in [3.8, 4) is 5.75 Å². The van der Waals surface area contributed by atoms with Crippen LogP contribution in [0, 0.1) is 6.92 Å². The molecule has 0 heterocycles. The number of amides is 1.